The van der Waals surface area contributed by atoms with Crippen LogP contribution in [0, 0.1) is 12.8 Å². The van der Waals surface area contributed by atoms with Gasteiger partial charge in [0.1, 0.15) is 11.5 Å². The number of nitrogen functional groups attached to an aromatic ring is 1. The van der Waals surface area contributed by atoms with Gasteiger partial charge in [-0.3, -0.25) is 4.79 Å². The van der Waals surface area contributed by atoms with Gasteiger partial charge in [0.25, 0.3) is 0 Å². The Morgan fingerprint density at radius 1 is 1.42 bits per heavy atom. The molecular formula is C23H32N8OS. The molecule has 176 valence electrons. The topological polar surface area (TPSA) is 131 Å². The number of hydrogen-bond donors (Lipinski definition) is 4. The van der Waals surface area contributed by atoms with Gasteiger partial charge in [-0.25, -0.2) is 9.97 Å². The molecule has 1 fully saturated rings. The van der Waals surface area contributed by atoms with Gasteiger partial charge >= 0.3 is 0 Å². The molecule has 1 aliphatic rings. The molecule has 0 bridgehead atoms. The zero-order valence-electron chi connectivity index (χ0n) is 19.5. The van der Waals surface area contributed by atoms with Crippen molar-refractivity contribution in [1.82, 2.24) is 19.5 Å². The number of aryl methyl sites for hydroxylation is 2. The number of imidazole rings is 2. The lowest BCUT2D eigenvalue weighted by Gasteiger charge is -2.22. The van der Waals surface area contributed by atoms with E-state index in [1.807, 2.05) is 31.1 Å². The molecule has 0 spiro atoms. The molecular weight excluding hydrogens is 436 g/mol. The third-order valence-electron chi connectivity index (χ3n) is 5.46. The summed E-state index contributed by atoms with van der Waals surface area (Å²) in [4.78, 5) is 20.5. The molecule has 3 aromatic rings. The van der Waals surface area contributed by atoms with E-state index in [4.69, 9.17) is 10.5 Å². The molecule has 10 heteroatoms. The average Bonchev–Trinajstić information content (AvgIpc) is 3.43. The van der Waals surface area contributed by atoms with E-state index in [1.54, 1.807) is 11.9 Å². The number of nitrogens with zero attached hydrogens (tertiary/aromatic N) is 4. The van der Waals surface area contributed by atoms with E-state index in [0.717, 1.165) is 52.2 Å². The van der Waals surface area contributed by atoms with Crippen LogP contribution in [0.4, 0.5) is 17.2 Å². The van der Waals surface area contributed by atoms with Crippen molar-refractivity contribution in [2.45, 2.75) is 26.2 Å². The number of hydrogen-bond acceptors (Lipinski definition) is 7. The standard InChI is InChI=1S/C22H29N7S.CH3NO/c1-14-25-21(22(23)26-14)18(9-7-15-5-6-15)27-17-10-8-16(11-19(17)29(3)30-4)20-12-24-13-28(20)2;2-1-3/h8-13,15,27H,5-7,23H2,1-4H3,(H,25,26);1H,(H2,2,3)/b18-9+;. The summed E-state index contributed by atoms with van der Waals surface area (Å²) in [5.41, 5.74) is 16.5. The lowest BCUT2D eigenvalue weighted by Crippen LogP contribution is -2.10. The van der Waals surface area contributed by atoms with Gasteiger partial charge in [0, 0.05) is 25.9 Å². The van der Waals surface area contributed by atoms with Crippen LogP contribution in [0.3, 0.4) is 0 Å². The van der Waals surface area contributed by atoms with Crippen LogP contribution in [-0.2, 0) is 11.8 Å². The van der Waals surface area contributed by atoms with Crippen molar-refractivity contribution >= 4 is 41.2 Å². The number of allylic oxidation sites excluding steroid dienone is 1. The molecule has 9 nitrogen and oxygen atoms in total. The molecule has 2 aromatic heterocycles. The number of rotatable bonds is 8. The van der Waals surface area contributed by atoms with Crippen molar-refractivity contribution in [1.29, 1.82) is 0 Å². The Morgan fingerprint density at radius 3 is 2.70 bits per heavy atom. The first-order chi connectivity index (χ1) is 15.9. The quantitative estimate of drug-likeness (QED) is 0.292. The SMILES string of the molecule is CSN(C)c1cc(-c2cncn2C)ccc1N/C(=C/CC1CC1)c1[nH]c(C)nc1N.NC=O. The number of aromatic nitrogens is 4. The van der Waals surface area contributed by atoms with Crippen LogP contribution in [0.1, 0.15) is 30.8 Å². The monoisotopic (exact) mass is 468 g/mol. The van der Waals surface area contributed by atoms with Crippen molar-refractivity contribution in [3.63, 3.8) is 0 Å². The van der Waals surface area contributed by atoms with Crippen molar-refractivity contribution in [2.24, 2.45) is 18.7 Å². The molecule has 2 heterocycles. The van der Waals surface area contributed by atoms with Gasteiger partial charge in [-0.05, 0) is 44.2 Å². The molecule has 0 aliphatic heterocycles. The van der Waals surface area contributed by atoms with Gasteiger partial charge in [-0.2, -0.15) is 0 Å². The fraction of sp³-hybridized carbons (Fsp3) is 0.348. The summed E-state index contributed by atoms with van der Waals surface area (Å²) in [6, 6.07) is 6.43. The van der Waals surface area contributed by atoms with E-state index in [0.29, 0.717) is 5.82 Å². The number of nitrogens with one attached hydrogen (secondary N) is 2. The predicted molar refractivity (Wildman–Crippen MR) is 137 cm³/mol. The summed E-state index contributed by atoms with van der Waals surface area (Å²) in [7, 11) is 4.08. The fourth-order valence-corrected chi connectivity index (χ4v) is 3.85. The second kappa shape index (κ2) is 11.0. The Balaban J connectivity index is 0.000000968. The van der Waals surface area contributed by atoms with E-state index < -0.39 is 0 Å². The Morgan fingerprint density at radius 2 is 2.15 bits per heavy atom. The largest absolute Gasteiger partial charge is 0.382 e. The van der Waals surface area contributed by atoms with Crippen LogP contribution in [-0.4, -0.2) is 39.2 Å². The summed E-state index contributed by atoms with van der Waals surface area (Å²) >= 11 is 1.67. The van der Waals surface area contributed by atoms with E-state index in [-0.39, 0.29) is 6.41 Å². The number of carbonyl (C=O) groups is 1. The number of benzene rings is 1. The first kappa shape index (κ1) is 24.2. The first-order valence-corrected chi connectivity index (χ1v) is 11.9. The molecule has 1 aliphatic carbocycles. The Hall–Kier alpha value is -3.40. The van der Waals surface area contributed by atoms with Crippen LogP contribution in [0.2, 0.25) is 0 Å². The molecule has 6 N–H and O–H groups in total. The van der Waals surface area contributed by atoms with E-state index in [9.17, 15) is 0 Å². The van der Waals surface area contributed by atoms with Crippen LogP contribution in [0.25, 0.3) is 17.0 Å². The molecule has 0 radical (unpaired) electrons. The average molecular weight is 469 g/mol. The zero-order valence-corrected chi connectivity index (χ0v) is 20.3. The van der Waals surface area contributed by atoms with Crippen LogP contribution in [0.15, 0.2) is 36.8 Å². The van der Waals surface area contributed by atoms with Gasteiger partial charge in [0.2, 0.25) is 6.41 Å². The number of nitrogens with two attached hydrogens (primary N) is 2. The number of aromatic amines is 1. The van der Waals surface area contributed by atoms with Crippen molar-refractivity contribution in [3.05, 3.63) is 48.3 Å². The molecule has 1 saturated carbocycles. The zero-order chi connectivity index (χ0) is 24.0. The maximum absolute atomic E-state index is 8.58. The van der Waals surface area contributed by atoms with Crippen molar-refractivity contribution in [3.8, 4) is 11.3 Å². The Kier molecular flexibility index (Phi) is 8.05. The van der Waals surface area contributed by atoms with Gasteiger partial charge < -0.3 is 30.6 Å². The summed E-state index contributed by atoms with van der Waals surface area (Å²) in [5, 5.41) is 3.64. The molecule has 0 atom stereocenters. The van der Waals surface area contributed by atoms with E-state index >= 15 is 0 Å². The van der Waals surface area contributed by atoms with Crippen LogP contribution in [0.5, 0.6) is 0 Å². The molecule has 1 aromatic carbocycles. The summed E-state index contributed by atoms with van der Waals surface area (Å²) in [6.07, 6.45) is 11.9. The Bertz CT molecular complexity index is 1120. The maximum Gasteiger partial charge on any atom is 0.204 e. The minimum Gasteiger partial charge on any atom is -0.382 e. The Labute approximate surface area is 198 Å². The first-order valence-electron chi connectivity index (χ1n) is 10.7. The molecule has 0 saturated heterocycles. The smallest absolute Gasteiger partial charge is 0.204 e. The molecule has 1 amide bonds. The second-order valence-corrected chi connectivity index (χ2v) is 8.86. The van der Waals surface area contributed by atoms with Crippen LogP contribution < -0.4 is 21.1 Å². The minimum absolute atomic E-state index is 0.250. The van der Waals surface area contributed by atoms with Crippen molar-refractivity contribution in [2.75, 3.05) is 28.7 Å². The van der Waals surface area contributed by atoms with Crippen LogP contribution >= 0.6 is 11.9 Å². The summed E-state index contributed by atoms with van der Waals surface area (Å²) in [5.74, 6) is 2.12. The second-order valence-electron chi connectivity index (χ2n) is 7.94. The highest BCUT2D eigenvalue weighted by Gasteiger charge is 2.21. The normalized spacial score (nSPS) is 13.3. The van der Waals surface area contributed by atoms with E-state index in [2.05, 4.69) is 67.9 Å². The third kappa shape index (κ3) is 6.10. The lowest BCUT2D eigenvalue weighted by atomic mass is 10.1. The summed E-state index contributed by atoms with van der Waals surface area (Å²) in [6.45, 7) is 1.92. The number of anilines is 3. The number of carbonyl (C=O) groups excluding carboxylic acids is 1. The van der Waals surface area contributed by atoms with Crippen molar-refractivity contribution < 1.29 is 4.79 Å². The van der Waals surface area contributed by atoms with Gasteiger partial charge in [0.15, 0.2) is 5.82 Å². The molecule has 4 rings (SSSR count). The summed E-state index contributed by atoms with van der Waals surface area (Å²) < 4.78 is 4.18. The highest BCUT2D eigenvalue weighted by molar-refractivity contribution is 7.99. The van der Waals surface area contributed by atoms with Gasteiger partial charge in [0.05, 0.1) is 35.3 Å². The predicted octanol–water partition coefficient (Wildman–Crippen LogP) is 3.77. The van der Waals surface area contributed by atoms with Gasteiger partial charge in [-0.1, -0.05) is 24.1 Å². The molecule has 33 heavy (non-hydrogen) atoms. The number of amides is 1. The highest BCUT2D eigenvalue weighted by Crippen LogP contribution is 2.37. The van der Waals surface area contributed by atoms with Gasteiger partial charge in [-0.15, -0.1) is 0 Å². The van der Waals surface area contributed by atoms with E-state index in [1.165, 1.54) is 12.8 Å². The number of primary amides is 1. The fourth-order valence-electron chi connectivity index (χ4n) is 3.50. The maximum atomic E-state index is 8.58. The molecule has 0 unspecified atom stereocenters. The third-order valence-corrected chi connectivity index (χ3v) is 6.21. The lowest BCUT2D eigenvalue weighted by molar-refractivity contribution is -0.106. The number of H-pyrrole nitrogens is 1. The highest BCUT2D eigenvalue weighted by atomic mass is 32.2. The minimum atomic E-state index is 0.250.